The summed E-state index contributed by atoms with van der Waals surface area (Å²) in [6, 6.07) is 8.19. The fourth-order valence-corrected chi connectivity index (χ4v) is 2.60. The van der Waals surface area contributed by atoms with Crippen molar-refractivity contribution in [3.63, 3.8) is 0 Å². The van der Waals surface area contributed by atoms with Crippen LogP contribution in [-0.4, -0.2) is 9.97 Å². The maximum absolute atomic E-state index is 4.47. The number of aromatic nitrogens is 2. The first kappa shape index (κ1) is 16.4. The first-order valence-electron chi connectivity index (χ1n) is 7.13. The summed E-state index contributed by atoms with van der Waals surface area (Å²) in [6.07, 6.45) is 10.7. The van der Waals surface area contributed by atoms with Crippen molar-refractivity contribution in [2.75, 3.05) is 0 Å². The molecule has 21 heavy (non-hydrogen) atoms. The lowest BCUT2D eigenvalue weighted by molar-refractivity contribution is 0.714. The van der Waals surface area contributed by atoms with Gasteiger partial charge in [0.15, 0.2) is 5.82 Å². The van der Waals surface area contributed by atoms with Crippen molar-refractivity contribution < 1.29 is 0 Å². The minimum atomic E-state index is 0.780. The fraction of sp³-hybridized carbons (Fsp3) is 0.294. The Morgan fingerprint density at radius 3 is 2.29 bits per heavy atom. The number of halogens is 2. The molecule has 0 saturated heterocycles. The molecule has 110 valence electrons. The van der Waals surface area contributed by atoms with Crippen LogP contribution in [0.25, 0.3) is 17.5 Å². The van der Waals surface area contributed by atoms with E-state index in [4.69, 9.17) is 0 Å². The number of rotatable bonds is 6. The zero-order valence-corrected chi connectivity index (χ0v) is 15.2. The van der Waals surface area contributed by atoms with Gasteiger partial charge in [-0.2, -0.15) is 0 Å². The molecule has 0 aliphatic heterocycles. The minimum absolute atomic E-state index is 0.780. The van der Waals surface area contributed by atoms with E-state index in [1.165, 1.54) is 24.8 Å². The van der Waals surface area contributed by atoms with Gasteiger partial charge in [0.25, 0.3) is 0 Å². The smallest absolute Gasteiger partial charge is 0.159 e. The first-order chi connectivity index (χ1) is 10.2. The molecule has 0 unspecified atom stereocenters. The average molecular weight is 410 g/mol. The highest BCUT2D eigenvalue weighted by atomic mass is 79.9. The second kappa shape index (κ2) is 8.44. The van der Waals surface area contributed by atoms with E-state index < -0.39 is 0 Å². The molecule has 0 N–H and O–H groups in total. The van der Waals surface area contributed by atoms with E-state index in [1.807, 2.05) is 30.6 Å². The molecular weight excluding hydrogens is 392 g/mol. The molecule has 0 amide bonds. The lowest BCUT2D eigenvalue weighted by Gasteiger charge is -2.03. The molecule has 0 saturated carbocycles. The third kappa shape index (κ3) is 5.36. The highest BCUT2D eigenvalue weighted by Gasteiger charge is 2.02. The molecule has 0 fully saturated rings. The Morgan fingerprint density at radius 1 is 1.05 bits per heavy atom. The van der Waals surface area contributed by atoms with Crippen LogP contribution in [0.1, 0.15) is 37.3 Å². The number of nitrogens with zero attached hydrogens (tertiary/aromatic N) is 2. The van der Waals surface area contributed by atoms with Crippen LogP contribution < -0.4 is 0 Å². The van der Waals surface area contributed by atoms with Gasteiger partial charge in [-0.3, -0.25) is 0 Å². The van der Waals surface area contributed by atoms with Gasteiger partial charge in [-0.05, 0) is 61.9 Å². The third-order valence-electron chi connectivity index (χ3n) is 3.22. The van der Waals surface area contributed by atoms with Gasteiger partial charge in [0.05, 0.1) is 3.39 Å². The van der Waals surface area contributed by atoms with Gasteiger partial charge < -0.3 is 0 Å². The summed E-state index contributed by atoms with van der Waals surface area (Å²) in [7, 11) is 0. The topological polar surface area (TPSA) is 25.8 Å². The molecule has 0 aliphatic rings. The summed E-state index contributed by atoms with van der Waals surface area (Å²) in [5.41, 5.74) is 3.38. The van der Waals surface area contributed by atoms with Crippen molar-refractivity contribution in [3.05, 3.63) is 51.2 Å². The molecule has 1 heterocycles. The Balaban J connectivity index is 2.06. The fourth-order valence-electron chi connectivity index (χ4n) is 2.07. The van der Waals surface area contributed by atoms with Crippen LogP contribution >= 0.6 is 31.9 Å². The monoisotopic (exact) mass is 408 g/mol. The lowest BCUT2D eigenvalue weighted by atomic mass is 10.1. The summed E-state index contributed by atoms with van der Waals surface area (Å²) in [6.45, 7) is 2.21. The van der Waals surface area contributed by atoms with Crippen molar-refractivity contribution in [1.29, 1.82) is 0 Å². The number of unbranched alkanes of at least 4 members (excludes halogenated alkanes) is 2. The van der Waals surface area contributed by atoms with Crippen LogP contribution in [0.5, 0.6) is 0 Å². The zero-order valence-electron chi connectivity index (χ0n) is 12.0. The molecule has 1 aromatic heterocycles. The number of benzene rings is 1. The highest BCUT2D eigenvalue weighted by molar-refractivity contribution is 9.28. The third-order valence-corrected chi connectivity index (χ3v) is 3.68. The Labute approximate surface area is 143 Å². The van der Waals surface area contributed by atoms with Crippen LogP contribution in [0.3, 0.4) is 0 Å². The predicted molar refractivity (Wildman–Crippen MR) is 96.5 cm³/mol. The van der Waals surface area contributed by atoms with Gasteiger partial charge in [0.1, 0.15) is 0 Å². The summed E-state index contributed by atoms with van der Waals surface area (Å²) >= 11 is 6.72. The van der Waals surface area contributed by atoms with E-state index in [0.717, 1.165) is 26.8 Å². The van der Waals surface area contributed by atoms with Gasteiger partial charge >= 0.3 is 0 Å². The van der Waals surface area contributed by atoms with Crippen molar-refractivity contribution >= 4 is 37.9 Å². The normalized spacial score (nSPS) is 10.4. The summed E-state index contributed by atoms with van der Waals surface area (Å²) in [5.74, 6) is 0.780. The van der Waals surface area contributed by atoms with E-state index in [-0.39, 0.29) is 0 Å². The molecule has 2 rings (SSSR count). The SMILES string of the molecule is CCCCCc1cnc(-c2ccc(C=C(Br)Br)cc2)nc1. The molecule has 2 aromatic rings. The maximum Gasteiger partial charge on any atom is 0.159 e. The van der Waals surface area contributed by atoms with E-state index >= 15 is 0 Å². The molecular formula is C17H18Br2N2. The standard InChI is InChI=1S/C17H18Br2N2/c1-2-3-4-5-14-11-20-17(21-12-14)15-8-6-13(7-9-15)10-16(18)19/h6-12H,2-5H2,1H3. The highest BCUT2D eigenvalue weighted by Crippen LogP contribution is 2.21. The van der Waals surface area contributed by atoms with E-state index in [2.05, 4.69) is 60.9 Å². The van der Waals surface area contributed by atoms with Crippen molar-refractivity contribution in [1.82, 2.24) is 9.97 Å². The average Bonchev–Trinajstić information content (AvgIpc) is 2.49. The van der Waals surface area contributed by atoms with Gasteiger partial charge in [-0.15, -0.1) is 0 Å². The number of hydrogen-bond donors (Lipinski definition) is 0. The minimum Gasteiger partial charge on any atom is -0.236 e. The van der Waals surface area contributed by atoms with Gasteiger partial charge in [0, 0.05) is 18.0 Å². The van der Waals surface area contributed by atoms with Gasteiger partial charge in [-0.1, -0.05) is 44.0 Å². The molecule has 2 nitrogen and oxygen atoms in total. The summed E-state index contributed by atoms with van der Waals surface area (Å²) in [5, 5.41) is 0. The molecule has 0 atom stereocenters. The van der Waals surface area contributed by atoms with Crippen molar-refractivity contribution in [3.8, 4) is 11.4 Å². The first-order valence-corrected chi connectivity index (χ1v) is 8.71. The zero-order chi connectivity index (χ0) is 15.1. The Bertz CT molecular complexity index is 585. The van der Waals surface area contributed by atoms with Crippen LogP contribution in [0.4, 0.5) is 0 Å². The summed E-state index contributed by atoms with van der Waals surface area (Å²) < 4.78 is 0.926. The Morgan fingerprint density at radius 2 is 1.71 bits per heavy atom. The van der Waals surface area contributed by atoms with E-state index in [9.17, 15) is 0 Å². The molecule has 1 aromatic carbocycles. The van der Waals surface area contributed by atoms with E-state index in [0.29, 0.717) is 0 Å². The van der Waals surface area contributed by atoms with Crippen LogP contribution in [0, 0.1) is 0 Å². The van der Waals surface area contributed by atoms with Crippen molar-refractivity contribution in [2.45, 2.75) is 32.6 Å². The largest absolute Gasteiger partial charge is 0.236 e. The molecule has 0 spiro atoms. The Kier molecular flexibility index (Phi) is 6.58. The Hall–Kier alpha value is -1.00. The van der Waals surface area contributed by atoms with Crippen molar-refractivity contribution in [2.24, 2.45) is 0 Å². The van der Waals surface area contributed by atoms with Gasteiger partial charge in [-0.25, -0.2) is 9.97 Å². The molecule has 0 aliphatic carbocycles. The quantitative estimate of drug-likeness (QED) is 0.549. The predicted octanol–water partition coefficient (Wildman–Crippen LogP) is 5.96. The summed E-state index contributed by atoms with van der Waals surface area (Å²) in [4.78, 5) is 8.95. The number of hydrogen-bond acceptors (Lipinski definition) is 2. The second-order valence-corrected chi connectivity index (χ2v) is 7.70. The second-order valence-electron chi connectivity index (χ2n) is 4.93. The maximum atomic E-state index is 4.47. The molecule has 0 bridgehead atoms. The lowest BCUT2D eigenvalue weighted by Crippen LogP contribution is -1.93. The van der Waals surface area contributed by atoms with Gasteiger partial charge in [0.2, 0.25) is 0 Å². The van der Waals surface area contributed by atoms with E-state index in [1.54, 1.807) is 0 Å². The van der Waals surface area contributed by atoms with Crippen LogP contribution in [0.2, 0.25) is 0 Å². The van der Waals surface area contributed by atoms with Crippen LogP contribution in [-0.2, 0) is 6.42 Å². The number of aryl methyl sites for hydroxylation is 1. The molecule has 0 radical (unpaired) electrons. The van der Waals surface area contributed by atoms with Crippen LogP contribution in [0.15, 0.2) is 40.1 Å². The molecule has 4 heteroatoms.